The molecule has 0 spiro atoms. The topological polar surface area (TPSA) is 99.8 Å². The van der Waals surface area contributed by atoms with Gasteiger partial charge in [-0.05, 0) is 37.2 Å². The minimum absolute atomic E-state index is 0.0539. The Morgan fingerprint density at radius 3 is 2.32 bits per heavy atom. The number of aliphatic hydroxyl groups excluding tert-OH is 1. The SMILES string of the molecule is CCNC(=NCc1ccc([N+](=O)[O-])cc1)NCC(CC)(CC)CCO. The van der Waals surface area contributed by atoms with E-state index < -0.39 is 4.92 Å². The molecule has 0 aliphatic rings. The lowest BCUT2D eigenvalue weighted by atomic mass is 9.79. The highest BCUT2D eigenvalue weighted by molar-refractivity contribution is 5.79. The summed E-state index contributed by atoms with van der Waals surface area (Å²) in [5.74, 6) is 0.713. The van der Waals surface area contributed by atoms with Gasteiger partial charge < -0.3 is 15.7 Å². The molecule has 140 valence electrons. The fourth-order valence-electron chi connectivity index (χ4n) is 2.69. The first-order valence-corrected chi connectivity index (χ1v) is 8.86. The molecule has 0 aliphatic heterocycles. The summed E-state index contributed by atoms with van der Waals surface area (Å²) >= 11 is 0. The fraction of sp³-hybridized carbons (Fsp3) is 0.611. The summed E-state index contributed by atoms with van der Waals surface area (Å²) in [6.45, 7) is 8.40. The number of aliphatic imine (C=N–C) groups is 1. The summed E-state index contributed by atoms with van der Waals surface area (Å²) in [6, 6.07) is 6.43. The molecular weight excluding hydrogens is 320 g/mol. The second-order valence-corrected chi connectivity index (χ2v) is 6.15. The third-order valence-electron chi connectivity index (χ3n) is 4.68. The average molecular weight is 350 g/mol. The molecule has 0 aromatic heterocycles. The van der Waals surface area contributed by atoms with Crippen molar-refractivity contribution < 1.29 is 10.0 Å². The molecule has 25 heavy (non-hydrogen) atoms. The van der Waals surface area contributed by atoms with Crippen LogP contribution >= 0.6 is 0 Å². The fourth-order valence-corrected chi connectivity index (χ4v) is 2.69. The first-order valence-electron chi connectivity index (χ1n) is 8.86. The lowest BCUT2D eigenvalue weighted by Crippen LogP contribution is -2.43. The molecule has 0 bridgehead atoms. The largest absolute Gasteiger partial charge is 0.396 e. The van der Waals surface area contributed by atoms with Crippen molar-refractivity contribution in [1.29, 1.82) is 0 Å². The van der Waals surface area contributed by atoms with E-state index in [-0.39, 0.29) is 17.7 Å². The molecule has 0 aliphatic carbocycles. The number of guanidine groups is 1. The number of nitrogens with zero attached hydrogens (tertiary/aromatic N) is 2. The summed E-state index contributed by atoms with van der Waals surface area (Å²) in [5, 5.41) is 26.6. The van der Waals surface area contributed by atoms with Crippen LogP contribution in [-0.2, 0) is 6.54 Å². The molecule has 0 heterocycles. The van der Waals surface area contributed by atoms with Crippen molar-refractivity contribution in [2.24, 2.45) is 10.4 Å². The van der Waals surface area contributed by atoms with Crippen LogP contribution in [0.4, 0.5) is 5.69 Å². The van der Waals surface area contributed by atoms with Crippen molar-refractivity contribution in [3.8, 4) is 0 Å². The van der Waals surface area contributed by atoms with Crippen LogP contribution in [0.15, 0.2) is 29.3 Å². The lowest BCUT2D eigenvalue weighted by molar-refractivity contribution is -0.384. The van der Waals surface area contributed by atoms with Crippen LogP contribution in [0, 0.1) is 15.5 Å². The summed E-state index contributed by atoms with van der Waals surface area (Å²) in [6.07, 6.45) is 2.73. The number of aliphatic hydroxyl groups is 1. The van der Waals surface area contributed by atoms with E-state index in [4.69, 9.17) is 0 Å². The first-order chi connectivity index (χ1) is 12.0. The van der Waals surface area contributed by atoms with Gasteiger partial charge in [0.2, 0.25) is 0 Å². The third kappa shape index (κ3) is 6.70. The number of non-ortho nitro benzene ring substituents is 1. The Kier molecular flexibility index (Phi) is 8.91. The molecule has 0 saturated carbocycles. The molecule has 0 radical (unpaired) electrons. The molecule has 1 aromatic rings. The predicted octanol–water partition coefficient (Wildman–Crippen LogP) is 2.84. The van der Waals surface area contributed by atoms with Gasteiger partial charge in [0.05, 0.1) is 11.5 Å². The van der Waals surface area contributed by atoms with E-state index >= 15 is 0 Å². The van der Waals surface area contributed by atoms with Gasteiger partial charge in [-0.2, -0.15) is 0 Å². The monoisotopic (exact) mass is 350 g/mol. The van der Waals surface area contributed by atoms with Gasteiger partial charge in [0.25, 0.3) is 5.69 Å². The van der Waals surface area contributed by atoms with E-state index in [2.05, 4.69) is 29.5 Å². The maximum absolute atomic E-state index is 10.7. The van der Waals surface area contributed by atoms with Gasteiger partial charge in [0.15, 0.2) is 5.96 Å². The van der Waals surface area contributed by atoms with Gasteiger partial charge in [-0.15, -0.1) is 0 Å². The smallest absolute Gasteiger partial charge is 0.269 e. The second-order valence-electron chi connectivity index (χ2n) is 6.15. The van der Waals surface area contributed by atoms with Crippen LogP contribution in [-0.4, -0.2) is 35.7 Å². The summed E-state index contributed by atoms with van der Waals surface area (Å²) in [5.41, 5.74) is 1.05. The highest BCUT2D eigenvalue weighted by Crippen LogP contribution is 2.29. The quantitative estimate of drug-likeness (QED) is 0.261. The van der Waals surface area contributed by atoms with Crippen molar-refractivity contribution in [2.75, 3.05) is 19.7 Å². The maximum atomic E-state index is 10.7. The van der Waals surface area contributed by atoms with E-state index in [1.54, 1.807) is 12.1 Å². The standard InChI is InChI=1S/C18H30N4O3/c1-4-18(5-2,11-12-23)14-21-17(19-6-3)20-13-15-7-9-16(10-8-15)22(24)25/h7-10,23H,4-6,11-14H2,1-3H3,(H2,19,20,21). The number of benzene rings is 1. The Morgan fingerprint density at radius 1 is 1.20 bits per heavy atom. The zero-order valence-electron chi connectivity index (χ0n) is 15.4. The average Bonchev–Trinajstić information content (AvgIpc) is 2.63. The van der Waals surface area contributed by atoms with Crippen molar-refractivity contribution in [1.82, 2.24) is 10.6 Å². The van der Waals surface area contributed by atoms with Crippen LogP contribution in [0.1, 0.15) is 45.6 Å². The zero-order chi connectivity index (χ0) is 18.7. The van der Waals surface area contributed by atoms with Crippen molar-refractivity contribution >= 4 is 11.6 Å². The normalized spacial score (nSPS) is 12.1. The van der Waals surface area contributed by atoms with E-state index in [1.807, 2.05) is 6.92 Å². The molecule has 0 unspecified atom stereocenters. The van der Waals surface area contributed by atoms with Crippen LogP contribution in [0.25, 0.3) is 0 Å². The molecule has 1 aromatic carbocycles. The summed E-state index contributed by atoms with van der Waals surface area (Å²) in [4.78, 5) is 14.8. The minimum atomic E-state index is -0.408. The minimum Gasteiger partial charge on any atom is -0.396 e. The van der Waals surface area contributed by atoms with E-state index in [0.717, 1.165) is 37.9 Å². The van der Waals surface area contributed by atoms with Gasteiger partial charge in [0, 0.05) is 31.8 Å². The molecule has 0 saturated heterocycles. The molecule has 7 nitrogen and oxygen atoms in total. The molecule has 7 heteroatoms. The van der Waals surface area contributed by atoms with E-state index in [0.29, 0.717) is 12.5 Å². The maximum Gasteiger partial charge on any atom is 0.269 e. The number of hydrogen-bond acceptors (Lipinski definition) is 4. The van der Waals surface area contributed by atoms with Crippen LogP contribution in [0.5, 0.6) is 0 Å². The molecule has 1 rings (SSSR count). The van der Waals surface area contributed by atoms with Crippen LogP contribution < -0.4 is 10.6 Å². The highest BCUT2D eigenvalue weighted by Gasteiger charge is 2.25. The Hall–Kier alpha value is -2.15. The van der Waals surface area contributed by atoms with E-state index in [9.17, 15) is 15.2 Å². The van der Waals surface area contributed by atoms with Gasteiger partial charge in [-0.1, -0.05) is 26.0 Å². The van der Waals surface area contributed by atoms with Gasteiger partial charge in [-0.3, -0.25) is 10.1 Å². The zero-order valence-corrected chi connectivity index (χ0v) is 15.4. The van der Waals surface area contributed by atoms with Crippen molar-refractivity contribution in [3.05, 3.63) is 39.9 Å². The Labute approximate surface area is 149 Å². The van der Waals surface area contributed by atoms with Gasteiger partial charge >= 0.3 is 0 Å². The lowest BCUT2D eigenvalue weighted by Gasteiger charge is -2.32. The van der Waals surface area contributed by atoms with Crippen molar-refractivity contribution in [2.45, 2.75) is 46.6 Å². The Balaban J connectivity index is 2.74. The highest BCUT2D eigenvalue weighted by atomic mass is 16.6. The predicted molar refractivity (Wildman–Crippen MR) is 101 cm³/mol. The number of nitro benzene ring substituents is 1. The molecule has 0 atom stereocenters. The third-order valence-corrected chi connectivity index (χ3v) is 4.68. The Morgan fingerprint density at radius 2 is 1.84 bits per heavy atom. The van der Waals surface area contributed by atoms with Crippen LogP contribution in [0.2, 0.25) is 0 Å². The van der Waals surface area contributed by atoms with E-state index in [1.165, 1.54) is 12.1 Å². The van der Waals surface area contributed by atoms with Gasteiger partial charge in [-0.25, -0.2) is 4.99 Å². The number of nitrogens with one attached hydrogen (secondary N) is 2. The molecule has 0 amide bonds. The molecular formula is C18H30N4O3. The van der Waals surface area contributed by atoms with Crippen molar-refractivity contribution in [3.63, 3.8) is 0 Å². The molecule has 0 fully saturated rings. The number of hydrogen-bond donors (Lipinski definition) is 3. The summed E-state index contributed by atoms with van der Waals surface area (Å²) < 4.78 is 0. The summed E-state index contributed by atoms with van der Waals surface area (Å²) in [7, 11) is 0. The Bertz CT molecular complexity index is 554. The van der Waals surface area contributed by atoms with Crippen LogP contribution in [0.3, 0.4) is 0 Å². The number of nitro groups is 1. The molecule has 3 N–H and O–H groups in total. The number of rotatable bonds is 10. The second kappa shape index (κ2) is 10.7. The van der Waals surface area contributed by atoms with Gasteiger partial charge in [0.1, 0.15) is 0 Å². The first kappa shape index (κ1) is 20.9.